The lowest BCUT2D eigenvalue weighted by Crippen LogP contribution is -2.50. The van der Waals surface area contributed by atoms with Gasteiger partial charge in [-0.15, -0.1) is 0 Å². The van der Waals surface area contributed by atoms with Crippen LogP contribution < -0.4 is 5.32 Å². The Morgan fingerprint density at radius 3 is 2.74 bits per heavy atom. The van der Waals surface area contributed by atoms with Crippen LogP contribution in [0, 0.1) is 0 Å². The standard InChI is InChI=1S/C13H28N2O3S/c1-4-18-9-10-19(16,17)15-8-6-5-7-13(15)11-14-12(2)3/h12-14H,4-11H2,1-3H3. The van der Waals surface area contributed by atoms with Crippen molar-refractivity contribution in [1.82, 2.24) is 9.62 Å². The van der Waals surface area contributed by atoms with Crippen molar-refractivity contribution in [2.45, 2.75) is 52.1 Å². The van der Waals surface area contributed by atoms with E-state index >= 15 is 0 Å². The van der Waals surface area contributed by atoms with Gasteiger partial charge in [-0.25, -0.2) is 8.42 Å². The van der Waals surface area contributed by atoms with Crippen molar-refractivity contribution in [2.75, 3.05) is 32.1 Å². The van der Waals surface area contributed by atoms with Gasteiger partial charge in [0.1, 0.15) is 0 Å². The Morgan fingerprint density at radius 2 is 2.11 bits per heavy atom. The molecule has 0 aromatic rings. The Labute approximate surface area is 117 Å². The van der Waals surface area contributed by atoms with Gasteiger partial charge in [-0.2, -0.15) is 4.31 Å². The number of nitrogens with one attached hydrogen (secondary N) is 1. The summed E-state index contributed by atoms with van der Waals surface area (Å²) in [6, 6.07) is 0.484. The first kappa shape index (κ1) is 16.9. The van der Waals surface area contributed by atoms with Crippen LogP contribution in [0.4, 0.5) is 0 Å². The molecule has 0 bridgehead atoms. The normalized spacial score (nSPS) is 22.0. The van der Waals surface area contributed by atoms with E-state index in [0.29, 0.717) is 25.8 Å². The number of ether oxygens (including phenoxy) is 1. The zero-order valence-electron chi connectivity index (χ0n) is 12.4. The van der Waals surface area contributed by atoms with Crippen LogP contribution in [-0.2, 0) is 14.8 Å². The number of sulfonamides is 1. The minimum atomic E-state index is -3.18. The lowest BCUT2D eigenvalue weighted by molar-refractivity contribution is 0.160. The van der Waals surface area contributed by atoms with Gasteiger partial charge in [-0.1, -0.05) is 20.3 Å². The molecule has 1 heterocycles. The Kier molecular flexibility index (Phi) is 7.28. The summed E-state index contributed by atoms with van der Waals surface area (Å²) in [6.07, 6.45) is 3.03. The zero-order valence-corrected chi connectivity index (χ0v) is 13.2. The third kappa shape index (κ3) is 5.77. The Balaban J connectivity index is 2.59. The van der Waals surface area contributed by atoms with Gasteiger partial charge >= 0.3 is 0 Å². The molecule has 0 aromatic carbocycles. The van der Waals surface area contributed by atoms with Crippen molar-refractivity contribution in [1.29, 1.82) is 0 Å². The molecule has 0 spiro atoms. The molecule has 1 aliphatic heterocycles. The summed E-state index contributed by atoms with van der Waals surface area (Å²) in [4.78, 5) is 0. The number of rotatable bonds is 8. The first-order valence-corrected chi connectivity index (χ1v) is 8.89. The number of hydrogen-bond acceptors (Lipinski definition) is 4. The van der Waals surface area contributed by atoms with Gasteiger partial charge in [0.15, 0.2) is 0 Å². The maximum absolute atomic E-state index is 12.3. The maximum atomic E-state index is 12.3. The molecule has 1 fully saturated rings. The lowest BCUT2D eigenvalue weighted by atomic mass is 10.0. The molecule has 1 aliphatic rings. The molecule has 1 atom stereocenters. The van der Waals surface area contributed by atoms with E-state index in [9.17, 15) is 8.42 Å². The van der Waals surface area contributed by atoms with Gasteiger partial charge in [0.2, 0.25) is 10.0 Å². The van der Waals surface area contributed by atoms with Gasteiger partial charge in [0.05, 0.1) is 12.4 Å². The highest BCUT2D eigenvalue weighted by atomic mass is 32.2. The van der Waals surface area contributed by atoms with E-state index in [1.165, 1.54) is 0 Å². The minimum Gasteiger partial charge on any atom is -0.381 e. The smallest absolute Gasteiger partial charge is 0.216 e. The van der Waals surface area contributed by atoms with E-state index in [-0.39, 0.29) is 11.8 Å². The third-order valence-electron chi connectivity index (χ3n) is 3.38. The average Bonchev–Trinajstić information content (AvgIpc) is 2.37. The van der Waals surface area contributed by atoms with Gasteiger partial charge in [0.25, 0.3) is 0 Å². The Bertz CT molecular complexity index is 344. The van der Waals surface area contributed by atoms with Crippen LogP contribution >= 0.6 is 0 Å². The highest BCUT2D eigenvalue weighted by molar-refractivity contribution is 7.89. The van der Waals surface area contributed by atoms with Crippen LogP contribution in [0.3, 0.4) is 0 Å². The molecule has 0 saturated carbocycles. The van der Waals surface area contributed by atoms with E-state index in [2.05, 4.69) is 19.2 Å². The van der Waals surface area contributed by atoms with Crippen molar-refractivity contribution >= 4 is 10.0 Å². The number of hydrogen-bond donors (Lipinski definition) is 1. The second-order valence-corrected chi connectivity index (χ2v) is 7.38. The van der Waals surface area contributed by atoms with Crippen LogP contribution in [0.25, 0.3) is 0 Å². The molecule has 6 heteroatoms. The summed E-state index contributed by atoms with van der Waals surface area (Å²) < 4.78 is 31.5. The zero-order chi connectivity index (χ0) is 14.3. The maximum Gasteiger partial charge on any atom is 0.216 e. The molecule has 0 aromatic heterocycles. The minimum absolute atomic E-state index is 0.0962. The summed E-state index contributed by atoms with van der Waals surface area (Å²) >= 11 is 0. The molecule has 1 saturated heterocycles. The molecule has 0 aliphatic carbocycles. The lowest BCUT2D eigenvalue weighted by Gasteiger charge is -2.35. The largest absolute Gasteiger partial charge is 0.381 e. The summed E-state index contributed by atoms with van der Waals surface area (Å²) in [6.45, 7) is 8.29. The molecule has 1 unspecified atom stereocenters. The van der Waals surface area contributed by atoms with E-state index in [0.717, 1.165) is 25.8 Å². The second kappa shape index (κ2) is 8.19. The quantitative estimate of drug-likeness (QED) is 0.683. The summed E-state index contributed by atoms with van der Waals surface area (Å²) in [5, 5.41) is 3.35. The van der Waals surface area contributed by atoms with Crippen LogP contribution in [0.2, 0.25) is 0 Å². The van der Waals surface area contributed by atoms with E-state index in [1.807, 2.05) is 6.92 Å². The molecular formula is C13H28N2O3S. The predicted octanol–water partition coefficient (Wildman–Crippen LogP) is 1.21. The molecule has 1 N–H and O–H groups in total. The van der Waals surface area contributed by atoms with Crippen molar-refractivity contribution in [3.8, 4) is 0 Å². The molecule has 114 valence electrons. The monoisotopic (exact) mass is 292 g/mol. The van der Waals surface area contributed by atoms with E-state index in [4.69, 9.17) is 4.74 Å². The SMILES string of the molecule is CCOCCS(=O)(=O)N1CCCCC1CNC(C)C. The van der Waals surface area contributed by atoms with Gasteiger partial charge in [-0.3, -0.25) is 0 Å². The van der Waals surface area contributed by atoms with Crippen LogP contribution in [0.15, 0.2) is 0 Å². The summed E-state index contributed by atoms with van der Waals surface area (Å²) in [5.74, 6) is 0.0962. The van der Waals surface area contributed by atoms with Crippen LogP contribution in [-0.4, -0.2) is 56.9 Å². The molecule has 19 heavy (non-hydrogen) atoms. The van der Waals surface area contributed by atoms with Gasteiger partial charge in [-0.05, 0) is 19.8 Å². The third-order valence-corrected chi connectivity index (χ3v) is 5.26. The topological polar surface area (TPSA) is 58.6 Å². The van der Waals surface area contributed by atoms with Gasteiger partial charge < -0.3 is 10.1 Å². The molecule has 1 rings (SSSR count). The van der Waals surface area contributed by atoms with Gasteiger partial charge in [0, 0.05) is 31.8 Å². The Hall–Kier alpha value is -0.170. The Morgan fingerprint density at radius 1 is 1.37 bits per heavy atom. The van der Waals surface area contributed by atoms with E-state index in [1.54, 1.807) is 4.31 Å². The fraction of sp³-hybridized carbons (Fsp3) is 1.00. The van der Waals surface area contributed by atoms with Crippen molar-refractivity contribution in [3.63, 3.8) is 0 Å². The predicted molar refractivity (Wildman–Crippen MR) is 77.8 cm³/mol. The first-order valence-electron chi connectivity index (χ1n) is 7.28. The van der Waals surface area contributed by atoms with Crippen molar-refractivity contribution in [3.05, 3.63) is 0 Å². The number of piperidine rings is 1. The summed E-state index contributed by atoms with van der Waals surface area (Å²) in [7, 11) is -3.18. The fourth-order valence-electron chi connectivity index (χ4n) is 2.34. The molecule has 5 nitrogen and oxygen atoms in total. The summed E-state index contributed by atoms with van der Waals surface area (Å²) in [5.41, 5.74) is 0. The van der Waals surface area contributed by atoms with Crippen molar-refractivity contribution < 1.29 is 13.2 Å². The van der Waals surface area contributed by atoms with Crippen LogP contribution in [0.1, 0.15) is 40.0 Å². The molecule has 0 radical (unpaired) electrons. The molecular weight excluding hydrogens is 264 g/mol. The first-order chi connectivity index (χ1) is 8.97. The van der Waals surface area contributed by atoms with E-state index < -0.39 is 10.0 Å². The molecule has 0 amide bonds. The number of nitrogens with zero attached hydrogens (tertiary/aromatic N) is 1. The highest BCUT2D eigenvalue weighted by Crippen LogP contribution is 2.20. The van der Waals surface area contributed by atoms with Crippen LogP contribution in [0.5, 0.6) is 0 Å². The average molecular weight is 292 g/mol. The highest BCUT2D eigenvalue weighted by Gasteiger charge is 2.31. The van der Waals surface area contributed by atoms with Crippen molar-refractivity contribution in [2.24, 2.45) is 0 Å². The second-order valence-electron chi connectivity index (χ2n) is 5.34. The fourth-order valence-corrected chi connectivity index (χ4v) is 3.95.